The topological polar surface area (TPSA) is 88.2 Å². The molecule has 2 aromatic rings. The van der Waals surface area contributed by atoms with Gasteiger partial charge in [-0.15, -0.1) is 11.3 Å². The number of amides is 1. The monoisotopic (exact) mass is 379 g/mol. The molecule has 0 bridgehead atoms. The normalized spacial score (nSPS) is 15.4. The zero-order chi connectivity index (χ0) is 18.0. The maximum Gasteiger partial charge on any atom is 0.267 e. The molecule has 1 aromatic heterocycles. The molecule has 25 heavy (non-hydrogen) atoms. The molecule has 1 aliphatic carbocycles. The summed E-state index contributed by atoms with van der Waals surface area (Å²) in [5, 5.41) is 3.62. The molecule has 6 nitrogen and oxygen atoms in total. The standard InChI is InChI=1S/C17H21N3O3S2/c1-11-16(24-12(2)18-11)17(21)19-13-7-9-15(10-8-13)25(22,23)20-14-5-3-4-6-14/h7-10,14,20H,3-6H2,1-2H3,(H,19,21). The summed E-state index contributed by atoms with van der Waals surface area (Å²) in [4.78, 5) is 17.3. The molecule has 0 aliphatic heterocycles. The average molecular weight is 380 g/mol. The molecule has 1 amide bonds. The summed E-state index contributed by atoms with van der Waals surface area (Å²) in [6, 6.07) is 6.26. The van der Waals surface area contributed by atoms with Gasteiger partial charge in [0.2, 0.25) is 10.0 Å². The summed E-state index contributed by atoms with van der Waals surface area (Å²) in [6.07, 6.45) is 3.91. The molecular formula is C17H21N3O3S2. The van der Waals surface area contributed by atoms with E-state index in [1.54, 1.807) is 19.1 Å². The van der Waals surface area contributed by atoms with E-state index in [0.717, 1.165) is 30.7 Å². The Hall–Kier alpha value is -1.77. The highest BCUT2D eigenvalue weighted by Crippen LogP contribution is 2.22. The largest absolute Gasteiger partial charge is 0.321 e. The van der Waals surface area contributed by atoms with E-state index < -0.39 is 10.0 Å². The molecule has 0 unspecified atom stereocenters. The van der Waals surface area contributed by atoms with E-state index >= 15 is 0 Å². The quantitative estimate of drug-likeness (QED) is 0.835. The van der Waals surface area contributed by atoms with Crippen LogP contribution in [0.5, 0.6) is 0 Å². The Kier molecular flexibility index (Phi) is 5.21. The van der Waals surface area contributed by atoms with Gasteiger partial charge >= 0.3 is 0 Å². The van der Waals surface area contributed by atoms with Crippen LogP contribution in [0.1, 0.15) is 46.1 Å². The first kappa shape index (κ1) is 18.0. The van der Waals surface area contributed by atoms with Gasteiger partial charge in [-0.1, -0.05) is 12.8 Å². The zero-order valence-corrected chi connectivity index (χ0v) is 15.8. The van der Waals surface area contributed by atoms with Crippen LogP contribution in [-0.4, -0.2) is 25.4 Å². The minimum Gasteiger partial charge on any atom is -0.321 e. The summed E-state index contributed by atoms with van der Waals surface area (Å²) >= 11 is 1.34. The van der Waals surface area contributed by atoms with Gasteiger partial charge in [-0.25, -0.2) is 18.1 Å². The van der Waals surface area contributed by atoms with Crippen molar-refractivity contribution in [2.45, 2.75) is 50.5 Å². The van der Waals surface area contributed by atoms with Crippen LogP contribution in [0.2, 0.25) is 0 Å². The lowest BCUT2D eigenvalue weighted by Gasteiger charge is -2.13. The number of hydrogen-bond acceptors (Lipinski definition) is 5. The maximum atomic E-state index is 12.4. The number of nitrogens with one attached hydrogen (secondary N) is 2. The van der Waals surface area contributed by atoms with Crippen molar-refractivity contribution in [1.29, 1.82) is 0 Å². The average Bonchev–Trinajstić information content (AvgIpc) is 3.16. The Morgan fingerprint density at radius 1 is 1.16 bits per heavy atom. The number of aryl methyl sites for hydroxylation is 2. The van der Waals surface area contributed by atoms with E-state index in [-0.39, 0.29) is 16.8 Å². The summed E-state index contributed by atoms with van der Waals surface area (Å²) in [7, 11) is -3.52. The fraction of sp³-hybridized carbons (Fsp3) is 0.412. The second-order valence-corrected chi connectivity index (χ2v) is 9.15. The van der Waals surface area contributed by atoms with Gasteiger partial charge in [-0.05, 0) is 51.0 Å². The molecule has 2 N–H and O–H groups in total. The number of thiazole rings is 1. The number of aromatic nitrogens is 1. The molecule has 1 heterocycles. The van der Waals surface area contributed by atoms with Gasteiger partial charge in [0, 0.05) is 11.7 Å². The van der Waals surface area contributed by atoms with Gasteiger partial charge < -0.3 is 5.32 Å². The van der Waals surface area contributed by atoms with Crippen LogP contribution in [0.15, 0.2) is 29.2 Å². The Morgan fingerprint density at radius 2 is 1.80 bits per heavy atom. The number of sulfonamides is 1. The third kappa shape index (κ3) is 4.26. The van der Waals surface area contributed by atoms with Crippen molar-refractivity contribution in [3.05, 3.63) is 39.8 Å². The smallest absolute Gasteiger partial charge is 0.267 e. The number of hydrogen-bond donors (Lipinski definition) is 2. The molecule has 1 saturated carbocycles. The highest BCUT2D eigenvalue weighted by molar-refractivity contribution is 7.89. The third-order valence-corrected chi connectivity index (χ3v) is 6.82. The molecule has 0 atom stereocenters. The Morgan fingerprint density at radius 3 is 2.36 bits per heavy atom. The minimum atomic E-state index is -3.52. The summed E-state index contributed by atoms with van der Waals surface area (Å²) in [6.45, 7) is 3.65. The first-order chi connectivity index (χ1) is 11.8. The molecule has 0 radical (unpaired) electrons. The van der Waals surface area contributed by atoms with Gasteiger partial charge in [0.15, 0.2) is 0 Å². The molecular weight excluding hydrogens is 358 g/mol. The Balaban J connectivity index is 1.69. The predicted octanol–water partition coefficient (Wildman–Crippen LogP) is 3.23. The van der Waals surface area contributed by atoms with Crippen LogP contribution in [0.25, 0.3) is 0 Å². The number of nitrogens with zero attached hydrogens (tertiary/aromatic N) is 1. The maximum absolute atomic E-state index is 12.4. The first-order valence-corrected chi connectivity index (χ1v) is 10.5. The summed E-state index contributed by atoms with van der Waals surface area (Å²) in [5.74, 6) is -0.234. The van der Waals surface area contributed by atoms with Crippen LogP contribution in [-0.2, 0) is 10.0 Å². The molecule has 0 spiro atoms. The van der Waals surface area contributed by atoms with Crippen molar-refractivity contribution in [1.82, 2.24) is 9.71 Å². The van der Waals surface area contributed by atoms with Crippen molar-refractivity contribution < 1.29 is 13.2 Å². The van der Waals surface area contributed by atoms with Gasteiger partial charge in [-0.2, -0.15) is 0 Å². The number of anilines is 1. The third-order valence-electron chi connectivity index (χ3n) is 4.21. The van der Waals surface area contributed by atoms with E-state index in [2.05, 4.69) is 15.0 Å². The lowest BCUT2D eigenvalue weighted by atomic mass is 10.3. The lowest BCUT2D eigenvalue weighted by Crippen LogP contribution is -2.32. The second-order valence-electron chi connectivity index (χ2n) is 6.23. The van der Waals surface area contributed by atoms with Crippen molar-refractivity contribution >= 4 is 33.0 Å². The van der Waals surface area contributed by atoms with Crippen LogP contribution in [0.3, 0.4) is 0 Å². The van der Waals surface area contributed by atoms with Crippen molar-refractivity contribution in [2.24, 2.45) is 0 Å². The second kappa shape index (κ2) is 7.23. The van der Waals surface area contributed by atoms with E-state index in [1.807, 2.05) is 6.92 Å². The van der Waals surface area contributed by atoms with Gasteiger partial charge in [0.1, 0.15) is 4.88 Å². The van der Waals surface area contributed by atoms with Gasteiger partial charge in [0.25, 0.3) is 5.91 Å². The van der Waals surface area contributed by atoms with E-state index in [1.165, 1.54) is 23.5 Å². The lowest BCUT2D eigenvalue weighted by molar-refractivity contribution is 0.103. The Labute approximate surface area is 151 Å². The van der Waals surface area contributed by atoms with Crippen LogP contribution < -0.4 is 10.0 Å². The van der Waals surface area contributed by atoms with E-state index in [9.17, 15) is 13.2 Å². The summed E-state index contributed by atoms with van der Waals surface area (Å²) in [5.41, 5.74) is 1.25. The number of benzene rings is 1. The molecule has 8 heteroatoms. The van der Waals surface area contributed by atoms with E-state index in [4.69, 9.17) is 0 Å². The molecule has 1 fully saturated rings. The fourth-order valence-corrected chi connectivity index (χ4v) is 5.10. The van der Waals surface area contributed by atoms with Crippen molar-refractivity contribution in [3.8, 4) is 0 Å². The number of rotatable bonds is 5. The minimum absolute atomic E-state index is 0.0296. The highest BCUT2D eigenvalue weighted by Gasteiger charge is 2.23. The van der Waals surface area contributed by atoms with Crippen LogP contribution in [0, 0.1) is 13.8 Å². The van der Waals surface area contributed by atoms with Crippen molar-refractivity contribution in [3.63, 3.8) is 0 Å². The molecule has 1 aromatic carbocycles. The molecule has 3 rings (SSSR count). The van der Waals surface area contributed by atoms with Crippen LogP contribution in [0.4, 0.5) is 5.69 Å². The highest BCUT2D eigenvalue weighted by atomic mass is 32.2. The Bertz CT molecular complexity index is 867. The summed E-state index contributed by atoms with van der Waals surface area (Å²) < 4.78 is 27.5. The molecule has 0 saturated heterocycles. The SMILES string of the molecule is Cc1nc(C)c(C(=O)Nc2ccc(S(=O)(=O)NC3CCCC3)cc2)s1. The number of carbonyl (C=O) groups excluding carboxylic acids is 1. The number of carbonyl (C=O) groups is 1. The van der Waals surface area contributed by atoms with Crippen LogP contribution >= 0.6 is 11.3 Å². The molecule has 1 aliphatic rings. The molecule has 134 valence electrons. The van der Waals surface area contributed by atoms with E-state index in [0.29, 0.717) is 16.3 Å². The predicted molar refractivity (Wildman–Crippen MR) is 98.6 cm³/mol. The fourth-order valence-electron chi connectivity index (χ4n) is 2.98. The zero-order valence-electron chi connectivity index (χ0n) is 14.2. The first-order valence-electron chi connectivity index (χ1n) is 8.23. The van der Waals surface area contributed by atoms with Gasteiger partial charge in [0.05, 0.1) is 15.6 Å². The van der Waals surface area contributed by atoms with Crippen molar-refractivity contribution in [2.75, 3.05) is 5.32 Å². The van der Waals surface area contributed by atoms with Gasteiger partial charge in [-0.3, -0.25) is 4.79 Å².